The first-order valence-corrected chi connectivity index (χ1v) is 11.2. The van der Waals surface area contributed by atoms with Gasteiger partial charge in [0, 0.05) is 18.5 Å². The number of carbonyl (C=O) groups is 2. The zero-order chi connectivity index (χ0) is 24.0. The van der Waals surface area contributed by atoms with Crippen LogP contribution in [0.2, 0.25) is 0 Å². The van der Waals surface area contributed by atoms with Crippen molar-refractivity contribution in [2.24, 2.45) is 5.41 Å². The number of H-pyrrole nitrogens is 1. The first-order chi connectivity index (χ1) is 15.7. The monoisotopic (exact) mass is 449 g/mol. The summed E-state index contributed by atoms with van der Waals surface area (Å²) < 4.78 is 0. The van der Waals surface area contributed by atoms with Gasteiger partial charge in [-0.15, -0.1) is 10.2 Å². The Kier molecular flexibility index (Phi) is 7.58. The maximum absolute atomic E-state index is 13.0. The number of amides is 1. The molecule has 174 valence electrons. The molecule has 0 radical (unpaired) electrons. The molecule has 0 aliphatic heterocycles. The van der Waals surface area contributed by atoms with E-state index in [1.165, 1.54) is 4.90 Å². The van der Waals surface area contributed by atoms with Gasteiger partial charge in [-0.3, -0.25) is 4.79 Å². The van der Waals surface area contributed by atoms with Crippen LogP contribution in [-0.2, 0) is 16.1 Å². The van der Waals surface area contributed by atoms with Crippen LogP contribution in [0, 0.1) is 5.41 Å². The zero-order valence-electron chi connectivity index (χ0n) is 19.6. The highest BCUT2D eigenvalue weighted by molar-refractivity contribution is 5.84. The van der Waals surface area contributed by atoms with E-state index < -0.39 is 17.4 Å². The summed E-state index contributed by atoms with van der Waals surface area (Å²) in [7, 11) is 0. The fourth-order valence-corrected chi connectivity index (χ4v) is 3.96. The minimum atomic E-state index is -0.988. The summed E-state index contributed by atoms with van der Waals surface area (Å²) in [5, 5.41) is 24.2. The van der Waals surface area contributed by atoms with E-state index in [2.05, 4.69) is 20.6 Å². The van der Waals surface area contributed by atoms with Crippen LogP contribution in [0.15, 0.2) is 48.5 Å². The van der Waals surface area contributed by atoms with Crippen LogP contribution in [0.1, 0.15) is 52.5 Å². The lowest BCUT2D eigenvalue weighted by Gasteiger charge is -2.37. The second-order valence-corrected chi connectivity index (χ2v) is 9.21. The van der Waals surface area contributed by atoms with Gasteiger partial charge in [-0.25, -0.2) is 4.79 Å². The van der Waals surface area contributed by atoms with E-state index >= 15 is 0 Å². The fraction of sp³-hybridized carbons (Fsp3) is 0.400. The number of carbonyl (C=O) groups excluding carboxylic acids is 1. The van der Waals surface area contributed by atoms with Gasteiger partial charge in [0.1, 0.15) is 6.04 Å². The van der Waals surface area contributed by atoms with E-state index in [0.717, 1.165) is 35.1 Å². The van der Waals surface area contributed by atoms with E-state index in [-0.39, 0.29) is 12.5 Å². The maximum Gasteiger partial charge on any atom is 0.326 e. The Morgan fingerprint density at radius 2 is 1.73 bits per heavy atom. The summed E-state index contributed by atoms with van der Waals surface area (Å²) in [6.07, 6.45) is 1.95. The predicted molar refractivity (Wildman–Crippen MR) is 126 cm³/mol. The number of carboxylic acids is 1. The number of aliphatic carboxylic acids is 1. The van der Waals surface area contributed by atoms with Crippen LogP contribution < -0.4 is 0 Å². The van der Waals surface area contributed by atoms with Gasteiger partial charge in [0.25, 0.3) is 0 Å². The van der Waals surface area contributed by atoms with Crippen LogP contribution in [0.4, 0.5) is 0 Å². The average molecular weight is 450 g/mol. The molecule has 3 aromatic rings. The van der Waals surface area contributed by atoms with Crippen molar-refractivity contribution in [2.75, 3.05) is 0 Å². The quantitative estimate of drug-likeness (QED) is 0.496. The molecule has 2 N–H and O–H groups in total. The lowest BCUT2D eigenvalue weighted by molar-refractivity contribution is -0.156. The molecule has 8 heteroatoms. The van der Waals surface area contributed by atoms with Crippen molar-refractivity contribution >= 4 is 11.9 Å². The number of nitrogens with one attached hydrogen (secondary N) is 1. The van der Waals surface area contributed by atoms with Gasteiger partial charge in [-0.2, -0.15) is 5.21 Å². The van der Waals surface area contributed by atoms with Crippen molar-refractivity contribution in [3.8, 4) is 22.5 Å². The standard InChI is InChI=1S/C25H31N5O3/c1-5-6-11-21(31)30(22(24(32)33)25(2,3)4)16-17-12-14-18(15-13-17)19-9-7-8-10-20(19)23-26-28-29-27-23/h7-10,12-15,22H,5-6,11,16H2,1-4H3,(H,32,33)(H,26,27,28,29). The van der Waals surface area contributed by atoms with Crippen LogP contribution in [0.25, 0.3) is 22.5 Å². The Labute approximate surface area is 194 Å². The Morgan fingerprint density at radius 1 is 1.06 bits per heavy atom. The summed E-state index contributed by atoms with van der Waals surface area (Å²) in [4.78, 5) is 26.6. The third-order valence-electron chi connectivity index (χ3n) is 5.56. The van der Waals surface area contributed by atoms with E-state index in [1.807, 2.05) is 76.2 Å². The number of benzene rings is 2. The highest BCUT2D eigenvalue weighted by atomic mass is 16.4. The second kappa shape index (κ2) is 10.4. The molecule has 1 heterocycles. The number of hydrogen-bond donors (Lipinski definition) is 2. The van der Waals surface area contributed by atoms with Crippen molar-refractivity contribution in [2.45, 2.75) is 59.5 Å². The molecule has 1 atom stereocenters. The largest absolute Gasteiger partial charge is 0.480 e. The minimum Gasteiger partial charge on any atom is -0.480 e. The minimum absolute atomic E-state index is 0.134. The van der Waals surface area contributed by atoms with E-state index in [1.54, 1.807) is 0 Å². The number of unbranched alkanes of at least 4 members (excludes halogenated alkanes) is 1. The van der Waals surface area contributed by atoms with Crippen LogP contribution in [-0.4, -0.2) is 48.5 Å². The topological polar surface area (TPSA) is 112 Å². The molecule has 0 aliphatic rings. The Bertz CT molecular complexity index is 1070. The van der Waals surface area contributed by atoms with Crippen molar-refractivity contribution in [3.63, 3.8) is 0 Å². The molecular formula is C25H31N5O3. The summed E-state index contributed by atoms with van der Waals surface area (Å²) in [5.41, 5.74) is 3.05. The Balaban J connectivity index is 1.90. The highest BCUT2D eigenvalue weighted by Crippen LogP contribution is 2.31. The van der Waals surface area contributed by atoms with Gasteiger partial charge < -0.3 is 10.0 Å². The molecule has 0 bridgehead atoms. The third kappa shape index (κ3) is 5.83. The number of aromatic nitrogens is 4. The molecule has 1 amide bonds. The number of carboxylic acid groups (broad SMARTS) is 1. The molecule has 0 fully saturated rings. The average Bonchev–Trinajstić information content (AvgIpc) is 3.31. The first-order valence-electron chi connectivity index (χ1n) is 11.2. The number of nitrogens with zero attached hydrogens (tertiary/aromatic N) is 4. The summed E-state index contributed by atoms with van der Waals surface area (Å²) >= 11 is 0. The van der Waals surface area contributed by atoms with Gasteiger partial charge in [-0.1, -0.05) is 82.6 Å². The van der Waals surface area contributed by atoms with Crippen molar-refractivity contribution in [3.05, 3.63) is 54.1 Å². The van der Waals surface area contributed by atoms with E-state index in [0.29, 0.717) is 12.2 Å². The maximum atomic E-state index is 13.0. The molecule has 2 aromatic carbocycles. The lowest BCUT2D eigenvalue weighted by Crippen LogP contribution is -2.51. The fourth-order valence-electron chi connectivity index (χ4n) is 3.96. The van der Waals surface area contributed by atoms with Crippen molar-refractivity contribution in [1.82, 2.24) is 25.5 Å². The molecule has 33 heavy (non-hydrogen) atoms. The molecule has 3 rings (SSSR count). The van der Waals surface area contributed by atoms with Gasteiger partial charge in [-0.05, 0) is 33.7 Å². The smallest absolute Gasteiger partial charge is 0.326 e. The first kappa shape index (κ1) is 24.1. The molecule has 8 nitrogen and oxygen atoms in total. The highest BCUT2D eigenvalue weighted by Gasteiger charge is 2.38. The van der Waals surface area contributed by atoms with Gasteiger partial charge in [0.15, 0.2) is 0 Å². The molecule has 0 spiro atoms. The number of rotatable bonds is 9. The van der Waals surface area contributed by atoms with Crippen LogP contribution in [0.3, 0.4) is 0 Å². The molecule has 1 aromatic heterocycles. The predicted octanol–water partition coefficient (Wildman–Crippen LogP) is 4.55. The van der Waals surface area contributed by atoms with Crippen LogP contribution >= 0.6 is 0 Å². The van der Waals surface area contributed by atoms with Gasteiger partial charge >= 0.3 is 5.97 Å². The SMILES string of the molecule is CCCCC(=O)N(Cc1ccc(-c2ccccc2-c2nn[nH]n2)cc1)C(C(=O)O)C(C)(C)C. The Hall–Kier alpha value is -3.55. The molecular weight excluding hydrogens is 418 g/mol. The van der Waals surface area contributed by atoms with E-state index in [9.17, 15) is 14.7 Å². The van der Waals surface area contributed by atoms with Crippen molar-refractivity contribution < 1.29 is 14.7 Å². The Morgan fingerprint density at radius 3 is 2.27 bits per heavy atom. The summed E-state index contributed by atoms with van der Waals surface area (Å²) in [6, 6.07) is 14.7. The van der Waals surface area contributed by atoms with Crippen molar-refractivity contribution in [1.29, 1.82) is 0 Å². The number of aromatic amines is 1. The summed E-state index contributed by atoms with van der Waals surface area (Å²) in [6.45, 7) is 7.81. The van der Waals surface area contributed by atoms with Gasteiger partial charge in [0.05, 0.1) is 0 Å². The normalized spacial score (nSPS) is 12.4. The molecule has 0 saturated carbocycles. The number of hydrogen-bond acceptors (Lipinski definition) is 5. The molecule has 0 saturated heterocycles. The number of tetrazole rings is 1. The van der Waals surface area contributed by atoms with Crippen LogP contribution in [0.5, 0.6) is 0 Å². The summed E-state index contributed by atoms with van der Waals surface area (Å²) in [5.74, 6) is -0.611. The molecule has 1 unspecified atom stereocenters. The van der Waals surface area contributed by atoms with Gasteiger partial charge in [0.2, 0.25) is 11.7 Å². The zero-order valence-corrected chi connectivity index (χ0v) is 19.6. The lowest BCUT2D eigenvalue weighted by atomic mass is 9.85. The third-order valence-corrected chi connectivity index (χ3v) is 5.56. The van der Waals surface area contributed by atoms with E-state index in [4.69, 9.17) is 0 Å². The molecule has 0 aliphatic carbocycles. The second-order valence-electron chi connectivity index (χ2n) is 9.21.